The summed E-state index contributed by atoms with van der Waals surface area (Å²) >= 11 is 0. The lowest BCUT2D eigenvalue weighted by Crippen LogP contribution is -2.48. The summed E-state index contributed by atoms with van der Waals surface area (Å²) in [5.74, 6) is 1.22. The molecule has 2 aliphatic rings. The summed E-state index contributed by atoms with van der Waals surface area (Å²) in [4.78, 5) is 6.66. The zero-order valence-electron chi connectivity index (χ0n) is 12.8. The SMILES string of the molecule is CCN1CCCC1CNC(=NC)NC1CCS(=O)(=O)C1.I. The second-order valence-corrected chi connectivity index (χ2v) is 7.85. The van der Waals surface area contributed by atoms with Crippen LogP contribution in [0.1, 0.15) is 26.2 Å². The maximum atomic E-state index is 11.5. The van der Waals surface area contributed by atoms with E-state index in [1.807, 2.05) is 0 Å². The number of rotatable bonds is 4. The van der Waals surface area contributed by atoms with E-state index in [9.17, 15) is 8.42 Å². The Kier molecular flexibility index (Phi) is 7.69. The van der Waals surface area contributed by atoms with E-state index in [-0.39, 0.29) is 41.5 Å². The average Bonchev–Trinajstić information content (AvgIpc) is 3.00. The Bertz CT molecular complexity index is 455. The molecule has 21 heavy (non-hydrogen) atoms. The molecule has 0 spiro atoms. The van der Waals surface area contributed by atoms with Gasteiger partial charge >= 0.3 is 0 Å². The van der Waals surface area contributed by atoms with Crippen LogP contribution in [0, 0.1) is 0 Å². The monoisotopic (exact) mass is 430 g/mol. The summed E-state index contributed by atoms with van der Waals surface area (Å²) in [6.07, 6.45) is 3.15. The maximum Gasteiger partial charge on any atom is 0.191 e. The fourth-order valence-corrected chi connectivity index (χ4v) is 4.73. The first-order valence-corrected chi connectivity index (χ1v) is 9.28. The standard InChI is InChI=1S/C13H26N4O2S.HI/c1-3-17-7-4-5-12(17)9-15-13(14-2)16-11-6-8-20(18,19)10-11;/h11-12H,3-10H2,1-2H3,(H2,14,15,16);1H. The van der Waals surface area contributed by atoms with Gasteiger partial charge in [-0.25, -0.2) is 8.42 Å². The lowest BCUT2D eigenvalue weighted by atomic mass is 10.2. The number of likely N-dealkylation sites (N-methyl/N-ethyl adjacent to an activating group) is 1. The predicted octanol–water partition coefficient (Wildman–Crippen LogP) is 0.441. The van der Waals surface area contributed by atoms with Crippen LogP contribution in [0.4, 0.5) is 0 Å². The number of guanidine groups is 1. The quantitative estimate of drug-likeness (QED) is 0.385. The number of sulfone groups is 1. The van der Waals surface area contributed by atoms with Crippen molar-refractivity contribution in [3.8, 4) is 0 Å². The van der Waals surface area contributed by atoms with Gasteiger partial charge < -0.3 is 10.6 Å². The van der Waals surface area contributed by atoms with Gasteiger partial charge in [0.2, 0.25) is 0 Å². The first-order chi connectivity index (χ1) is 9.54. The van der Waals surface area contributed by atoms with E-state index in [2.05, 4.69) is 27.4 Å². The Morgan fingerprint density at radius 3 is 2.71 bits per heavy atom. The van der Waals surface area contributed by atoms with Crippen LogP contribution in [0.2, 0.25) is 0 Å². The smallest absolute Gasteiger partial charge is 0.191 e. The van der Waals surface area contributed by atoms with Crippen molar-refractivity contribution in [2.75, 3.05) is 38.2 Å². The van der Waals surface area contributed by atoms with Crippen LogP contribution in [-0.2, 0) is 9.84 Å². The Hall–Kier alpha value is -0.0900. The average molecular weight is 430 g/mol. The molecule has 2 fully saturated rings. The van der Waals surface area contributed by atoms with Crippen molar-refractivity contribution < 1.29 is 8.42 Å². The Morgan fingerprint density at radius 1 is 1.38 bits per heavy atom. The van der Waals surface area contributed by atoms with Gasteiger partial charge in [0.15, 0.2) is 15.8 Å². The molecule has 0 aromatic rings. The Labute approximate surface area is 145 Å². The molecule has 2 heterocycles. The van der Waals surface area contributed by atoms with E-state index in [1.165, 1.54) is 19.4 Å². The van der Waals surface area contributed by atoms with Crippen molar-refractivity contribution in [2.45, 2.75) is 38.3 Å². The summed E-state index contributed by atoms with van der Waals surface area (Å²) in [6.45, 7) is 5.32. The number of halogens is 1. The zero-order valence-corrected chi connectivity index (χ0v) is 16.0. The molecule has 2 rings (SSSR count). The summed E-state index contributed by atoms with van der Waals surface area (Å²) in [5, 5.41) is 6.55. The van der Waals surface area contributed by atoms with Crippen LogP contribution in [0.3, 0.4) is 0 Å². The molecule has 0 aliphatic carbocycles. The second-order valence-electron chi connectivity index (χ2n) is 5.62. The molecule has 124 valence electrons. The molecule has 0 amide bonds. The minimum absolute atomic E-state index is 0. The fourth-order valence-electron chi connectivity index (χ4n) is 3.05. The topological polar surface area (TPSA) is 73.8 Å². The normalized spacial score (nSPS) is 29.1. The van der Waals surface area contributed by atoms with Crippen molar-refractivity contribution in [1.29, 1.82) is 0 Å². The van der Waals surface area contributed by atoms with Gasteiger partial charge in [0, 0.05) is 25.7 Å². The molecule has 2 atom stereocenters. The minimum atomic E-state index is -2.85. The lowest BCUT2D eigenvalue weighted by molar-refractivity contribution is 0.267. The third kappa shape index (κ3) is 5.55. The van der Waals surface area contributed by atoms with Crippen molar-refractivity contribution in [3.63, 3.8) is 0 Å². The largest absolute Gasteiger partial charge is 0.355 e. The minimum Gasteiger partial charge on any atom is -0.355 e. The van der Waals surface area contributed by atoms with Gasteiger partial charge in [0.05, 0.1) is 11.5 Å². The van der Waals surface area contributed by atoms with Gasteiger partial charge in [0.25, 0.3) is 0 Å². The van der Waals surface area contributed by atoms with E-state index < -0.39 is 9.84 Å². The van der Waals surface area contributed by atoms with Crippen molar-refractivity contribution >= 4 is 39.8 Å². The van der Waals surface area contributed by atoms with Crippen LogP contribution in [0.25, 0.3) is 0 Å². The molecule has 6 nitrogen and oxygen atoms in total. The first kappa shape index (κ1) is 19.0. The summed E-state index contributed by atoms with van der Waals surface area (Å²) in [7, 11) is -1.12. The van der Waals surface area contributed by atoms with Gasteiger partial charge in [-0.05, 0) is 32.4 Å². The number of hydrogen-bond acceptors (Lipinski definition) is 4. The highest BCUT2D eigenvalue weighted by atomic mass is 127. The Morgan fingerprint density at radius 2 is 2.14 bits per heavy atom. The van der Waals surface area contributed by atoms with E-state index in [1.54, 1.807) is 7.05 Å². The molecule has 0 aromatic carbocycles. The van der Waals surface area contributed by atoms with Gasteiger partial charge in [-0.2, -0.15) is 0 Å². The molecule has 8 heteroatoms. The van der Waals surface area contributed by atoms with E-state index in [4.69, 9.17) is 0 Å². The number of nitrogens with one attached hydrogen (secondary N) is 2. The third-order valence-electron chi connectivity index (χ3n) is 4.21. The molecular formula is C13H27IN4O2S. The number of hydrogen-bond donors (Lipinski definition) is 2. The molecule has 0 saturated carbocycles. The molecule has 2 N–H and O–H groups in total. The number of nitrogens with zero attached hydrogens (tertiary/aromatic N) is 2. The highest BCUT2D eigenvalue weighted by Gasteiger charge is 2.29. The van der Waals surface area contributed by atoms with Crippen molar-refractivity contribution in [3.05, 3.63) is 0 Å². The van der Waals surface area contributed by atoms with Crippen LogP contribution in [-0.4, -0.2) is 69.5 Å². The zero-order chi connectivity index (χ0) is 14.6. The van der Waals surface area contributed by atoms with Crippen LogP contribution >= 0.6 is 24.0 Å². The number of aliphatic imine (C=N–C) groups is 1. The van der Waals surface area contributed by atoms with Gasteiger partial charge in [-0.15, -0.1) is 24.0 Å². The molecule has 0 bridgehead atoms. The van der Waals surface area contributed by atoms with Crippen molar-refractivity contribution in [1.82, 2.24) is 15.5 Å². The van der Waals surface area contributed by atoms with Crippen LogP contribution in [0.5, 0.6) is 0 Å². The highest BCUT2D eigenvalue weighted by Crippen LogP contribution is 2.15. The van der Waals surface area contributed by atoms with Crippen LogP contribution < -0.4 is 10.6 Å². The van der Waals surface area contributed by atoms with Crippen molar-refractivity contribution in [2.24, 2.45) is 4.99 Å². The summed E-state index contributed by atoms with van der Waals surface area (Å²) in [6, 6.07) is 0.558. The Balaban J connectivity index is 0.00000220. The molecule has 2 unspecified atom stereocenters. The molecule has 0 radical (unpaired) electrons. The molecule has 0 aromatic heterocycles. The maximum absolute atomic E-state index is 11.5. The predicted molar refractivity (Wildman–Crippen MR) is 97.2 cm³/mol. The van der Waals surface area contributed by atoms with Gasteiger partial charge in [-0.3, -0.25) is 9.89 Å². The summed E-state index contributed by atoms with van der Waals surface area (Å²) < 4.78 is 22.9. The van der Waals surface area contributed by atoms with Gasteiger partial charge in [-0.1, -0.05) is 6.92 Å². The van der Waals surface area contributed by atoms with E-state index in [0.29, 0.717) is 12.5 Å². The third-order valence-corrected chi connectivity index (χ3v) is 5.98. The highest BCUT2D eigenvalue weighted by molar-refractivity contribution is 14.0. The first-order valence-electron chi connectivity index (χ1n) is 7.45. The molecule has 2 aliphatic heterocycles. The van der Waals surface area contributed by atoms with E-state index >= 15 is 0 Å². The lowest BCUT2D eigenvalue weighted by Gasteiger charge is -2.24. The number of likely N-dealkylation sites (tertiary alicyclic amines) is 1. The van der Waals surface area contributed by atoms with Crippen LogP contribution in [0.15, 0.2) is 4.99 Å². The van der Waals surface area contributed by atoms with E-state index in [0.717, 1.165) is 19.0 Å². The molecular weight excluding hydrogens is 403 g/mol. The second kappa shape index (κ2) is 8.52. The molecule has 2 saturated heterocycles. The summed E-state index contributed by atoms with van der Waals surface area (Å²) in [5.41, 5.74) is 0. The fraction of sp³-hybridized carbons (Fsp3) is 0.923. The van der Waals surface area contributed by atoms with Gasteiger partial charge in [0.1, 0.15) is 0 Å².